The maximum atomic E-state index is 12.7. The maximum Gasteiger partial charge on any atom is 0.269 e. The summed E-state index contributed by atoms with van der Waals surface area (Å²) < 4.78 is 0. The Labute approximate surface area is 141 Å². The molecule has 8 heteroatoms. The van der Waals surface area contributed by atoms with E-state index in [1.54, 1.807) is 0 Å². The zero-order valence-corrected chi connectivity index (χ0v) is 12.9. The van der Waals surface area contributed by atoms with Gasteiger partial charge in [-0.05, 0) is 18.2 Å². The van der Waals surface area contributed by atoms with Gasteiger partial charge in [0.2, 0.25) is 0 Å². The summed E-state index contributed by atoms with van der Waals surface area (Å²) in [5.41, 5.74) is 1.41. The molecule has 0 spiro atoms. The SMILES string of the molecule is O=C1CN(O)C=C2N=c3ccccc3=C2N1c1ccc([N+](=O)[O-])cc1. The molecule has 2 aliphatic rings. The summed E-state index contributed by atoms with van der Waals surface area (Å²) >= 11 is 0. The molecule has 2 aromatic rings. The van der Waals surface area contributed by atoms with Crippen molar-refractivity contribution >= 4 is 23.0 Å². The largest absolute Gasteiger partial charge is 0.288 e. The Bertz CT molecular complexity index is 1040. The molecule has 0 bridgehead atoms. The third kappa shape index (κ3) is 2.45. The van der Waals surface area contributed by atoms with Crippen LogP contribution in [-0.4, -0.2) is 27.6 Å². The highest BCUT2D eigenvalue weighted by atomic mass is 16.6. The first-order valence-corrected chi connectivity index (χ1v) is 7.48. The first-order valence-electron chi connectivity index (χ1n) is 7.48. The molecule has 8 nitrogen and oxygen atoms in total. The first-order chi connectivity index (χ1) is 12.0. The molecule has 0 atom stereocenters. The lowest BCUT2D eigenvalue weighted by Gasteiger charge is -2.22. The van der Waals surface area contributed by atoms with Crippen molar-refractivity contribution < 1.29 is 14.9 Å². The summed E-state index contributed by atoms with van der Waals surface area (Å²) in [5, 5.41) is 23.0. The molecule has 0 radical (unpaired) electrons. The van der Waals surface area contributed by atoms with Crippen LogP contribution in [0.1, 0.15) is 0 Å². The summed E-state index contributed by atoms with van der Waals surface area (Å²) in [6.45, 7) is -0.248. The van der Waals surface area contributed by atoms with Crippen molar-refractivity contribution in [3.05, 3.63) is 81.1 Å². The fraction of sp³-hybridized carbons (Fsp3) is 0.0588. The molecule has 2 aromatic carbocycles. The molecule has 2 heterocycles. The zero-order valence-electron chi connectivity index (χ0n) is 12.9. The molecule has 25 heavy (non-hydrogen) atoms. The van der Waals surface area contributed by atoms with Crippen molar-refractivity contribution in [3.8, 4) is 0 Å². The van der Waals surface area contributed by atoms with Gasteiger partial charge in [-0.15, -0.1) is 0 Å². The number of hydrogen-bond acceptors (Lipinski definition) is 6. The molecular weight excluding hydrogens is 324 g/mol. The molecule has 0 unspecified atom stereocenters. The molecule has 2 aliphatic heterocycles. The number of fused-ring (bicyclic) bond motifs is 2. The Hall–Kier alpha value is -3.52. The van der Waals surface area contributed by atoms with E-state index in [0.29, 0.717) is 22.4 Å². The molecule has 0 saturated carbocycles. The summed E-state index contributed by atoms with van der Waals surface area (Å²) in [6, 6.07) is 13.0. The van der Waals surface area contributed by atoms with E-state index >= 15 is 0 Å². The smallest absolute Gasteiger partial charge is 0.269 e. The number of amides is 1. The minimum atomic E-state index is -0.498. The Morgan fingerprint density at radius 3 is 2.56 bits per heavy atom. The van der Waals surface area contributed by atoms with E-state index in [1.165, 1.54) is 35.4 Å². The van der Waals surface area contributed by atoms with Gasteiger partial charge in [0.1, 0.15) is 12.2 Å². The van der Waals surface area contributed by atoms with Crippen molar-refractivity contribution in [3.63, 3.8) is 0 Å². The van der Waals surface area contributed by atoms with Crippen LogP contribution in [0.2, 0.25) is 0 Å². The number of nitro groups is 1. The predicted octanol–water partition coefficient (Wildman–Crippen LogP) is 0.916. The molecule has 0 aromatic heterocycles. The number of hydrogen-bond donors (Lipinski definition) is 1. The lowest BCUT2D eigenvalue weighted by molar-refractivity contribution is -0.384. The number of nitrogens with zero attached hydrogens (tertiary/aromatic N) is 4. The molecule has 0 saturated heterocycles. The second-order valence-electron chi connectivity index (χ2n) is 5.59. The van der Waals surface area contributed by atoms with E-state index in [9.17, 15) is 20.1 Å². The Morgan fingerprint density at radius 2 is 1.84 bits per heavy atom. The topological polar surface area (TPSA) is 99.3 Å². The van der Waals surface area contributed by atoms with E-state index in [1.807, 2.05) is 24.3 Å². The minimum Gasteiger partial charge on any atom is -0.288 e. The predicted molar refractivity (Wildman–Crippen MR) is 87.8 cm³/mol. The molecule has 0 fully saturated rings. The number of non-ortho nitro benzene ring substituents is 1. The zero-order chi connectivity index (χ0) is 17.6. The van der Waals surface area contributed by atoms with Gasteiger partial charge in [-0.1, -0.05) is 18.2 Å². The summed E-state index contributed by atoms with van der Waals surface area (Å²) in [7, 11) is 0. The van der Waals surface area contributed by atoms with Crippen molar-refractivity contribution in [2.45, 2.75) is 0 Å². The van der Waals surface area contributed by atoms with Crippen LogP contribution < -0.4 is 15.5 Å². The lowest BCUT2D eigenvalue weighted by Crippen LogP contribution is -2.38. The van der Waals surface area contributed by atoms with Gasteiger partial charge in [-0.2, -0.15) is 0 Å². The van der Waals surface area contributed by atoms with Crippen LogP contribution >= 0.6 is 0 Å². The van der Waals surface area contributed by atoms with Crippen LogP contribution in [0.3, 0.4) is 0 Å². The first kappa shape index (κ1) is 15.0. The molecule has 124 valence electrons. The Balaban J connectivity index is 1.94. The Morgan fingerprint density at radius 1 is 1.12 bits per heavy atom. The van der Waals surface area contributed by atoms with E-state index < -0.39 is 4.92 Å². The highest BCUT2D eigenvalue weighted by Gasteiger charge is 2.30. The van der Waals surface area contributed by atoms with Gasteiger partial charge in [0.05, 0.1) is 22.2 Å². The lowest BCUT2D eigenvalue weighted by atomic mass is 10.2. The number of para-hydroxylation sites is 1. The van der Waals surface area contributed by atoms with Crippen LogP contribution in [0, 0.1) is 10.1 Å². The van der Waals surface area contributed by atoms with Crippen LogP contribution in [0.15, 0.2) is 65.4 Å². The molecular formula is C17H12N4O4. The molecule has 4 rings (SSSR count). The number of carbonyl (C=O) groups excluding carboxylic acids is 1. The van der Waals surface area contributed by atoms with Gasteiger partial charge in [0, 0.05) is 23.0 Å². The molecule has 1 amide bonds. The van der Waals surface area contributed by atoms with Crippen LogP contribution in [-0.2, 0) is 4.79 Å². The average molecular weight is 336 g/mol. The molecule has 1 N–H and O–H groups in total. The second-order valence-corrected chi connectivity index (χ2v) is 5.59. The normalized spacial score (nSPS) is 16.0. The van der Waals surface area contributed by atoms with Gasteiger partial charge in [-0.3, -0.25) is 30.1 Å². The third-order valence-electron chi connectivity index (χ3n) is 4.00. The van der Waals surface area contributed by atoms with E-state index in [0.717, 1.165) is 10.3 Å². The number of anilines is 1. The maximum absolute atomic E-state index is 12.7. The van der Waals surface area contributed by atoms with Gasteiger partial charge >= 0.3 is 0 Å². The van der Waals surface area contributed by atoms with Crippen LogP contribution in [0.25, 0.3) is 5.70 Å². The minimum absolute atomic E-state index is 0.0629. The van der Waals surface area contributed by atoms with E-state index in [-0.39, 0.29) is 18.1 Å². The van der Waals surface area contributed by atoms with Crippen molar-refractivity contribution in [2.75, 3.05) is 11.4 Å². The Kier molecular flexibility index (Phi) is 3.33. The van der Waals surface area contributed by atoms with Crippen molar-refractivity contribution in [2.24, 2.45) is 4.99 Å². The van der Waals surface area contributed by atoms with E-state index in [2.05, 4.69) is 4.99 Å². The number of nitro benzene ring substituents is 1. The van der Waals surface area contributed by atoms with Crippen molar-refractivity contribution in [1.29, 1.82) is 0 Å². The number of hydroxylamine groups is 2. The van der Waals surface area contributed by atoms with Gasteiger partial charge < -0.3 is 0 Å². The van der Waals surface area contributed by atoms with Crippen LogP contribution in [0.4, 0.5) is 11.4 Å². The summed E-state index contributed by atoms with van der Waals surface area (Å²) in [6.07, 6.45) is 1.40. The van der Waals surface area contributed by atoms with Gasteiger partial charge in [-0.25, -0.2) is 4.99 Å². The average Bonchev–Trinajstić information content (AvgIpc) is 2.87. The number of benzene rings is 2. The molecule has 0 aliphatic carbocycles. The fourth-order valence-corrected chi connectivity index (χ4v) is 2.93. The third-order valence-corrected chi connectivity index (χ3v) is 4.00. The monoisotopic (exact) mass is 336 g/mol. The van der Waals surface area contributed by atoms with Gasteiger partial charge in [0.25, 0.3) is 11.6 Å². The number of rotatable bonds is 2. The van der Waals surface area contributed by atoms with Crippen LogP contribution in [0.5, 0.6) is 0 Å². The highest BCUT2D eigenvalue weighted by molar-refractivity contribution is 6.07. The quantitative estimate of drug-likeness (QED) is 0.649. The standard InChI is InChI=1S/C17H12N4O4/c22-16-10-19(23)9-15-17(13-3-1-2-4-14(13)18-15)20(16)11-5-7-12(8-6-11)21(24)25/h1-9,23H,10H2. The fourth-order valence-electron chi connectivity index (χ4n) is 2.93. The highest BCUT2D eigenvalue weighted by Crippen LogP contribution is 2.30. The summed E-state index contributed by atoms with van der Waals surface area (Å²) in [4.78, 5) is 28.9. The summed E-state index contributed by atoms with van der Waals surface area (Å²) in [5.74, 6) is -0.371. The van der Waals surface area contributed by atoms with E-state index in [4.69, 9.17) is 0 Å². The van der Waals surface area contributed by atoms with Crippen molar-refractivity contribution in [1.82, 2.24) is 5.06 Å². The number of carbonyl (C=O) groups is 1. The second kappa shape index (κ2) is 5.53. The van der Waals surface area contributed by atoms with Gasteiger partial charge in [0.15, 0.2) is 0 Å².